The molecule has 0 radical (unpaired) electrons. The summed E-state index contributed by atoms with van der Waals surface area (Å²) in [6.45, 7) is 0.775. The number of aromatic nitrogens is 1. The predicted octanol–water partition coefficient (Wildman–Crippen LogP) is 3.33. The molecule has 0 unspecified atom stereocenters. The van der Waals surface area contributed by atoms with Gasteiger partial charge in [-0.25, -0.2) is 4.98 Å². The Balaban J connectivity index is 1.32. The van der Waals surface area contributed by atoms with Crippen molar-refractivity contribution in [1.82, 2.24) is 10.3 Å². The van der Waals surface area contributed by atoms with Crippen molar-refractivity contribution in [1.29, 1.82) is 0 Å². The minimum atomic E-state index is -0.221. The second kappa shape index (κ2) is 9.04. The van der Waals surface area contributed by atoms with Gasteiger partial charge in [-0.1, -0.05) is 12.1 Å². The van der Waals surface area contributed by atoms with E-state index in [1.807, 2.05) is 47.8 Å². The first-order chi connectivity index (χ1) is 14.7. The van der Waals surface area contributed by atoms with Crippen LogP contribution in [0.1, 0.15) is 5.69 Å². The van der Waals surface area contributed by atoms with Gasteiger partial charge in [0.1, 0.15) is 17.7 Å². The van der Waals surface area contributed by atoms with Crippen molar-refractivity contribution in [3.05, 3.63) is 53.5 Å². The van der Waals surface area contributed by atoms with E-state index in [1.54, 1.807) is 14.2 Å². The zero-order valence-corrected chi connectivity index (χ0v) is 17.5. The van der Waals surface area contributed by atoms with Crippen LogP contribution in [0.15, 0.2) is 47.8 Å². The van der Waals surface area contributed by atoms with E-state index in [0.717, 1.165) is 16.3 Å². The highest BCUT2D eigenvalue weighted by Crippen LogP contribution is 2.33. The number of amides is 1. The third-order valence-corrected chi connectivity index (χ3v) is 5.56. The predicted molar refractivity (Wildman–Crippen MR) is 114 cm³/mol. The number of methoxy groups -OCH3 is 2. The van der Waals surface area contributed by atoms with Gasteiger partial charge in [0.2, 0.25) is 5.91 Å². The smallest absolute Gasteiger partial charge is 0.226 e. The number of benzene rings is 2. The maximum atomic E-state index is 12.4. The second-order valence-corrected chi connectivity index (χ2v) is 7.55. The van der Waals surface area contributed by atoms with Gasteiger partial charge in [-0.3, -0.25) is 4.79 Å². The minimum absolute atomic E-state index is 0.110. The summed E-state index contributed by atoms with van der Waals surface area (Å²) in [7, 11) is 3.19. The molecule has 0 saturated carbocycles. The third-order valence-electron chi connectivity index (χ3n) is 4.62. The van der Waals surface area contributed by atoms with Crippen LogP contribution in [0.5, 0.6) is 23.0 Å². The van der Waals surface area contributed by atoms with Gasteiger partial charge < -0.3 is 24.3 Å². The lowest BCUT2D eigenvalue weighted by molar-refractivity contribution is -0.121. The molecule has 8 heteroatoms. The number of hydrogen-bond donors (Lipinski definition) is 1. The average Bonchev–Trinajstić information content (AvgIpc) is 3.25. The summed E-state index contributed by atoms with van der Waals surface area (Å²) < 4.78 is 22.1. The van der Waals surface area contributed by atoms with Crippen LogP contribution < -0.4 is 24.3 Å². The van der Waals surface area contributed by atoms with Crippen molar-refractivity contribution in [3.8, 4) is 33.6 Å². The zero-order chi connectivity index (χ0) is 20.9. The van der Waals surface area contributed by atoms with Gasteiger partial charge in [-0.15, -0.1) is 11.3 Å². The maximum absolute atomic E-state index is 12.4. The van der Waals surface area contributed by atoms with Crippen LogP contribution in [-0.4, -0.2) is 44.4 Å². The van der Waals surface area contributed by atoms with Crippen LogP contribution in [0.2, 0.25) is 0 Å². The van der Waals surface area contributed by atoms with Crippen molar-refractivity contribution in [2.75, 3.05) is 27.4 Å². The highest BCUT2D eigenvalue weighted by Gasteiger charge is 2.21. The van der Waals surface area contributed by atoms with Crippen molar-refractivity contribution >= 4 is 17.2 Å². The first-order valence-corrected chi connectivity index (χ1v) is 10.4. The highest BCUT2D eigenvalue weighted by atomic mass is 32.1. The van der Waals surface area contributed by atoms with E-state index in [4.69, 9.17) is 18.9 Å². The third kappa shape index (κ3) is 4.49. The molecule has 1 amide bonds. The molecule has 1 aliphatic rings. The molecule has 3 aromatic rings. The van der Waals surface area contributed by atoms with Gasteiger partial charge in [0.25, 0.3) is 0 Å². The van der Waals surface area contributed by atoms with E-state index in [2.05, 4.69) is 10.3 Å². The minimum Gasteiger partial charge on any atom is -0.493 e. The van der Waals surface area contributed by atoms with E-state index in [0.29, 0.717) is 36.1 Å². The number of carbonyl (C=O) groups is 1. The molecule has 0 spiro atoms. The van der Waals surface area contributed by atoms with Crippen molar-refractivity contribution in [3.63, 3.8) is 0 Å². The van der Waals surface area contributed by atoms with E-state index in [1.165, 1.54) is 11.3 Å². The number of ether oxygens (including phenoxy) is 4. The summed E-state index contributed by atoms with van der Waals surface area (Å²) in [5.74, 6) is 2.61. The Morgan fingerprint density at radius 2 is 1.97 bits per heavy atom. The SMILES string of the molecule is COc1ccc(-c2nc(CC(=O)NC[C@H]3COc4ccccc4O3)cs2)cc1OC. The van der Waals surface area contributed by atoms with Gasteiger partial charge in [-0.05, 0) is 30.3 Å². The standard InChI is InChI=1S/C22H22N2O5S/c1-26-17-8-7-14(9-20(17)27-2)22-24-15(13-30-22)10-21(25)23-11-16-12-28-18-5-3-4-6-19(18)29-16/h3-9,13,16H,10-12H2,1-2H3,(H,23,25)/t16-/m0/s1. The molecule has 2 heterocycles. The van der Waals surface area contributed by atoms with Crippen LogP contribution in [0.4, 0.5) is 0 Å². The number of para-hydroxylation sites is 2. The summed E-state index contributed by atoms with van der Waals surface area (Å²) in [5.41, 5.74) is 1.63. The summed E-state index contributed by atoms with van der Waals surface area (Å²) in [4.78, 5) is 16.9. The number of fused-ring (bicyclic) bond motifs is 1. The Bertz CT molecular complexity index is 1040. The topological polar surface area (TPSA) is 78.9 Å². The molecule has 2 aromatic carbocycles. The summed E-state index contributed by atoms with van der Waals surface area (Å²) in [6, 6.07) is 13.1. The lowest BCUT2D eigenvalue weighted by Gasteiger charge is -2.26. The Labute approximate surface area is 178 Å². The van der Waals surface area contributed by atoms with Gasteiger partial charge in [0.15, 0.2) is 23.0 Å². The van der Waals surface area contributed by atoms with Crippen molar-refractivity contribution < 1.29 is 23.7 Å². The van der Waals surface area contributed by atoms with Gasteiger partial charge in [0.05, 0.1) is 32.9 Å². The largest absolute Gasteiger partial charge is 0.493 e. The van der Waals surface area contributed by atoms with Gasteiger partial charge >= 0.3 is 0 Å². The molecule has 0 fully saturated rings. The number of nitrogens with zero attached hydrogens (tertiary/aromatic N) is 1. The van der Waals surface area contributed by atoms with Gasteiger partial charge in [0, 0.05) is 10.9 Å². The number of carbonyl (C=O) groups excluding carboxylic acids is 1. The van der Waals surface area contributed by atoms with Crippen LogP contribution in [0.3, 0.4) is 0 Å². The number of nitrogens with one attached hydrogen (secondary N) is 1. The number of rotatable bonds is 7. The summed E-state index contributed by atoms with van der Waals surface area (Å²) in [5, 5.41) is 5.61. The molecular formula is C22H22N2O5S. The monoisotopic (exact) mass is 426 g/mol. The second-order valence-electron chi connectivity index (χ2n) is 6.69. The lowest BCUT2D eigenvalue weighted by Crippen LogP contribution is -2.41. The zero-order valence-electron chi connectivity index (χ0n) is 16.7. The number of hydrogen-bond acceptors (Lipinski definition) is 7. The lowest BCUT2D eigenvalue weighted by atomic mass is 10.2. The number of thiazole rings is 1. The van der Waals surface area contributed by atoms with Crippen molar-refractivity contribution in [2.45, 2.75) is 12.5 Å². The normalized spacial score (nSPS) is 14.8. The molecule has 0 bridgehead atoms. The molecular weight excluding hydrogens is 404 g/mol. The molecule has 7 nitrogen and oxygen atoms in total. The summed E-state index contributed by atoms with van der Waals surface area (Å²) >= 11 is 1.48. The molecule has 1 aromatic heterocycles. The van der Waals surface area contributed by atoms with E-state index >= 15 is 0 Å². The average molecular weight is 426 g/mol. The van der Waals surface area contributed by atoms with Crippen LogP contribution >= 0.6 is 11.3 Å². The van der Waals surface area contributed by atoms with Crippen LogP contribution in [0, 0.1) is 0 Å². The molecule has 0 saturated heterocycles. The first-order valence-electron chi connectivity index (χ1n) is 9.48. The quantitative estimate of drug-likeness (QED) is 0.624. The summed E-state index contributed by atoms with van der Waals surface area (Å²) in [6.07, 6.45) is -0.0184. The van der Waals surface area contributed by atoms with E-state index in [9.17, 15) is 4.79 Å². The van der Waals surface area contributed by atoms with Crippen molar-refractivity contribution in [2.24, 2.45) is 0 Å². The van der Waals surface area contributed by atoms with Crippen LogP contribution in [-0.2, 0) is 11.2 Å². The molecule has 0 aliphatic carbocycles. The Kier molecular flexibility index (Phi) is 6.04. The molecule has 1 atom stereocenters. The fourth-order valence-corrected chi connectivity index (χ4v) is 3.93. The Morgan fingerprint density at radius 3 is 2.77 bits per heavy atom. The molecule has 30 heavy (non-hydrogen) atoms. The van der Waals surface area contributed by atoms with E-state index in [-0.39, 0.29) is 18.4 Å². The highest BCUT2D eigenvalue weighted by molar-refractivity contribution is 7.13. The Morgan fingerprint density at radius 1 is 1.17 bits per heavy atom. The van der Waals surface area contributed by atoms with Crippen LogP contribution in [0.25, 0.3) is 10.6 Å². The fraction of sp³-hybridized carbons (Fsp3) is 0.273. The maximum Gasteiger partial charge on any atom is 0.226 e. The molecule has 156 valence electrons. The molecule has 1 aliphatic heterocycles. The fourth-order valence-electron chi connectivity index (χ4n) is 3.11. The Hall–Kier alpha value is -3.26. The molecule has 4 rings (SSSR count). The van der Waals surface area contributed by atoms with E-state index < -0.39 is 0 Å². The first kappa shape index (κ1) is 20.0. The van der Waals surface area contributed by atoms with Gasteiger partial charge in [-0.2, -0.15) is 0 Å². The molecule has 1 N–H and O–H groups in total.